The predicted molar refractivity (Wildman–Crippen MR) is 89.9 cm³/mol. The summed E-state index contributed by atoms with van der Waals surface area (Å²) >= 11 is 1.23. The quantitative estimate of drug-likeness (QED) is 0.577. The summed E-state index contributed by atoms with van der Waals surface area (Å²) in [5.41, 5.74) is 0. The van der Waals surface area contributed by atoms with Crippen LogP contribution in [-0.2, 0) is 18.9 Å². The second kappa shape index (κ2) is 8.34. The molecular weight excluding hydrogens is 345 g/mol. The maximum atomic E-state index is 13.2. The summed E-state index contributed by atoms with van der Waals surface area (Å²) in [6.07, 6.45) is 0.828. The largest absolute Gasteiger partial charge is 0.354 e. The molecule has 0 aromatic rings. The number of aliphatic imine (C=N–C) groups is 1. The highest BCUT2D eigenvalue weighted by Gasteiger charge is 2.39. The molecule has 1 aliphatic rings. The van der Waals surface area contributed by atoms with E-state index in [-0.39, 0.29) is 23.4 Å². The average Bonchev–Trinajstić information content (AvgIpc) is 2.86. The van der Waals surface area contributed by atoms with Crippen LogP contribution in [0.25, 0.3) is 0 Å². The smallest absolute Gasteiger partial charge is 0.306 e. The molecule has 0 bridgehead atoms. The Bertz CT molecular complexity index is 600. The van der Waals surface area contributed by atoms with Gasteiger partial charge in [0, 0.05) is 11.8 Å². The van der Waals surface area contributed by atoms with Crippen LogP contribution >= 0.6 is 18.1 Å². The molecule has 2 atom stereocenters. The second-order valence-electron chi connectivity index (χ2n) is 4.82. The van der Waals surface area contributed by atoms with Gasteiger partial charge in [0.1, 0.15) is 17.3 Å². The standard InChI is InChI=1S/C12H22N3O4PS2/c1-4-11(3)21-20(16,19-5-2)15-8-7-14-12(15)10-22(17,18)9-6-13/h11H,4-5,7-10H2,1-3H3. The van der Waals surface area contributed by atoms with E-state index in [9.17, 15) is 13.0 Å². The van der Waals surface area contributed by atoms with E-state index in [0.717, 1.165) is 6.42 Å². The number of nitriles is 1. The van der Waals surface area contributed by atoms with Gasteiger partial charge in [0.05, 0.1) is 19.2 Å². The molecule has 0 saturated carbocycles. The van der Waals surface area contributed by atoms with Gasteiger partial charge in [-0.2, -0.15) is 5.26 Å². The average molecular weight is 367 g/mol. The highest BCUT2D eigenvalue weighted by atomic mass is 32.7. The van der Waals surface area contributed by atoms with Crippen LogP contribution in [0.5, 0.6) is 0 Å². The number of hydrogen-bond acceptors (Lipinski definition) is 7. The van der Waals surface area contributed by atoms with Gasteiger partial charge >= 0.3 is 6.72 Å². The molecule has 126 valence electrons. The first-order valence-electron chi connectivity index (χ1n) is 7.09. The van der Waals surface area contributed by atoms with Gasteiger partial charge in [0.25, 0.3) is 0 Å². The van der Waals surface area contributed by atoms with Crippen molar-refractivity contribution in [1.82, 2.24) is 4.67 Å². The van der Waals surface area contributed by atoms with Crippen LogP contribution in [0.2, 0.25) is 0 Å². The normalized spacial score (nSPS) is 19.4. The highest BCUT2D eigenvalue weighted by molar-refractivity contribution is 8.56. The van der Waals surface area contributed by atoms with Crippen molar-refractivity contribution < 1.29 is 17.5 Å². The SMILES string of the molecule is CCOP(=O)(SC(C)CC)N1CCN=C1CS(=O)(=O)CC#N. The third-order valence-electron chi connectivity index (χ3n) is 3.01. The molecule has 2 unspecified atom stereocenters. The number of sulfone groups is 1. The van der Waals surface area contributed by atoms with Crippen LogP contribution in [0, 0.1) is 11.3 Å². The van der Waals surface area contributed by atoms with Crippen LogP contribution in [0.15, 0.2) is 4.99 Å². The van der Waals surface area contributed by atoms with Gasteiger partial charge in [0.15, 0.2) is 9.84 Å². The molecule has 0 fully saturated rings. The fourth-order valence-corrected chi connectivity index (χ4v) is 8.05. The van der Waals surface area contributed by atoms with Gasteiger partial charge in [-0.1, -0.05) is 13.8 Å². The molecule has 22 heavy (non-hydrogen) atoms. The van der Waals surface area contributed by atoms with E-state index in [2.05, 4.69) is 4.99 Å². The third kappa shape index (κ3) is 5.27. The van der Waals surface area contributed by atoms with Crippen molar-refractivity contribution in [2.75, 3.05) is 31.2 Å². The van der Waals surface area contributed by atoms with Crippen molar-refractivity contribution in [3.8, 4) is 6.07 Å². The van der Waals surface area contributed by atoms with E-state index < -0.39 is 22.3 Å². The zero-order chi connectivity index (χ0) is 16.8. The fraction of sp³-hybridized carbons (Fsp3) is 0.833. The first-order valence-corrected chi connectivity index (χ1v) is 12.0. The molecule has 0 aliphatic carbocycles. The van der Waals surface area contributed by atoms with Crippen molar-refractivity contribution >= 4 is 33.8 Å². The lowest BCUT2D eigenvalue weighted by Gasteiger charge is -2.30. The summed E-state index contributed by atoms with van der Waals surface area (Å²) in [4.78, 5) is 4.15. The van der Waals surface area contributed by atoms with Crippen molar-refractivity contribution in [1.29, 1.82) is 5.26 Å². The van der Waals surface area contributed by atoms with Crippen molar-refractivity contribution in [2.24, 2.45) is 4.99 Å². The van der Waals surface area contributed by atoms with Crippen LogP contribution in [0.3, 0.4) is 0 Å². The lowest BCUT2D eigenvalue weighted by molar-refractivity contribution is 0.319. The van der Waals surface area contributed by atoms with Gasteiger partial charge in [-0.15, -0.1) is 0 Å². The van der Waals surface area contributed by atoms with E-state index in [4.69, 9.17) is 9.79 Å². The minimum absolute atomic E-state index is 0.120. The summed E-state index contributed by atoms with van der Waals surface area (Å²) in [6.45, 7) is 3.50. The Balaban J connectivity index is 2.98. The van der Waals surface area contributed by atoms with E-state index in [1.807, 2.05) is 13.8 Å². The number of rotatable bonds is 9. The second-order valence-corrected chi connectivity index (χ2v) is 11.6. The Hall–Kier alpha value is -0.550. The zero-order valence-electron chi connectivity index (χ0n) is 13.1. The summed E-state index contributed by atoms with van der Waals surface area (Å²) in [7, 11) is -3.58. The van der Waals surface area contributed by atoms with Gasteiger partial charge in [-0.05, 0) is 24.7 Å². The Morgan fingerprint density at radius 2 is 2.23 bits per heavy atom. The predicted octanol–water partition coefficient (Wildman–Crippen LogP) is 2.32. The maximum Gasteiger partial charge on any atom is 0.354 e. The zero-order valence-corrected chi connectivity index (χ0v) is 15.6. The molecular formula is C12H22N3O4PS2. The highest BCUT2D eigenvalue weighted by Crippen LogP contribution is 2.65. The van der Waals surface area contributed by atoms with Gasteiger partial charge in [-0.25, -0.2) is 8.42 Å². The molecule has 0 aromatic heterocycles. The molecule has 1 aliphatic heterocycles. The number of nitrogens with zero attached hydrogens (tertiary/aromatic N) is 3. The van der Waals surface area contributed by atoms with Crippen LogP contribution in [0.1, 0.15) is 27.2 Å². The Morgan fingerprint density at radius 1 is 1.55 bits per heavy atom. The monoisotopic (exact) mass is 367 g/mol. The van der Waals surface area contributed by atoms with E-state index in [1.165, 1.54) is 16.1 Å². The molecule has 0 N–H and O–H groups in total. The number of hydrogen-bond donors (Lipinski definition) is 0. The van der Waals surface area contributed by atoms with Gasteiger partial charge < -0.3 is 4.52 Å². The lowest BCUT2D eigenvalue weighted by atomic mass is 10.4. The first kappa shape index (κ1) is 19.5. The van der Waals surface area contributed by atoms with Crippen LogP contribution < -0.4 is 0 Å². The lowest BCUT2D eigenvalue weighted by Crippen LogP contribution is -2.31. The Kier molecular flexibility index (Phi) is 7.39. The molecule has 0 spiro atoms. The van der Waals surface area contributed by atoms with E-state index >= 15 is 0 Å². The van der Waals surface area contributed by atoms with Crippen molar-refractivity contribution in [2.45, 2.75) is 32.4 Å². The van der Waals surface area contributed by atoms with Gasteiger partial charge in [0.2, 0.25) is 0 Å². The summed E-state index contributed by atoms with van der Waals surface area (Å²) in [6, 6.07) is 1.64. The topological polar surface area (TPSA) is 99.8 Å². The summed E-state index contributed by atoms with van der Waals surface area (Å²) in [5, 5.41) is 8.69. The Labute approximate surface area is 136 Å². The number of amidine groups is 1. The van der Waals surface area contributed by atoms with Crippen LogP contribution in [0.4, 0.5) is 0 Å². The van der Waals surface area contributed by atoms with Gasteiger partial charge in [-0.3, -0.25) is 14.2 Å². The fourth-order valence-electron chi connectivity index (χ4n) is 1.84. The van der Waals surface area contributed by atoms with Crippen molar-refractivity contribution in [3.05, 3.63) is 0 Å². The molecule has 0 radical (unpaired) electrons. The molecule has 0 saturated heterocycles. The molecule has 0 amide bonds. The molecule has 7 nitrogen and oxygen atoms in total. The summed E-state index contributed by atoms with van der Waals surface area (Å²) in [5.74, 6) is -0.710. The van der Waals surface area contributed by atoms with Crippen molar-refractivity contribution in [3.63, 3.8) is 0 Å². The third-order valence-corrected chi connectivity index (χ3v) is 9.63. The van der Waals surface area contributed by atoms with E-state index in [0.29, 0.717) is 13.1 Å². The summed E-state index contributed by atoms with van der Waals surface area (Å²) < 4.78 is 43.8. The molecule has 1 heterocycles. The molecule has 0 aromatic carbocycles. The minimum atomic E-state index is -3.58. The Morgan fingerprint density at radius 3 is 2.77 bits per heavy atom. The van der Waals surface area contributed by atoms with Crippen LogP contribution in [-0.4, -0.2) is 55.4 Å². The van der Waals surface area contributed by atoms with E-state index in [1.54, 1.807) is 13.0 Å². The first-order chi connectivity index (χ1) is 10.3. The molecule has 10 heteroatoms. The maximum absolute atomic E-state index is 13.2. The molecule has 1 rings (SSSR count). The minimum Gasteiger partial charge on any atom is -0.306 e.